The van der Waals surface area contributed by atoms with E-state index in [4.69, 9.17) is 14.2 Å². The van der Waals surface area contributed by atoms with Crippen molar-refractivity contribution in [1.82, 2.24) is 4.90 Å². The van der Waals surface area contributed by atoms with Crippen molar-refractivity contribution < 1.29 is 19.0 Å². The Hall–Kier alpha value is -2.99. The molecule has 1 fully saturated rings. The van der Waals surface area contributed by atoms with Crippen LogP contribution < -0.4 is 19.1 Å². The summed E-state index contributed by atoms with van der Waals surface area (Å²) in [6.07, 6.45) is 4.22. The summed E-state index contributed by atoms with van der Waals surface area (Å²) in [4.78, 5) is 16.0. The second-order valence-corrected chi connectivity index (χ2v) is 6.89. The molecule has 1 aliphatic heterocycles. The molecule has 0 spiro atoms. The van der Waals surface area contributed by atoms with E-state index < -0.39 is 0 Å². The van der Waals surface area contributed by atoms with E-state index in [2.05, 4.69) is 34.1 Å². The summed E-state index contributed by atoms with van der Waals surface area (Å²) in [6.45, 7) is 6.32. The summed E-state index contributed by atoms with van der Waals surface area (Å²) < 4.78 is 15.7. The van der Waals surface area contributed by atoms with Gasteiger partial charge in [-0.1, -0.05) is 18.2 Å². The van der Waals surface area contributed by atoms with Crippen molar-refractivity contribution in [2.24, 2.45) is 0 Å². The number of nitrogens with zero attached hydrogens (tertiary/aromatic N) is 2. The average molecular weight is 396 g/mol. The van der Waals surface area contributed by atoms with Gasteiger partial charge in [0.1, 0.15) is 5.75 Å². The number of hydrogen-bond donors (Lipinski definition) is 0. The zero-order valence-corrected chi connectivity index (χ0v) is 17.3. The number of hydrogen-bond acceptors (Lipinski definition) is 6. The molecule has 6 heteroatoms. The van der Waals surface area contributed by atoms with Crippen molar-refractivity contribution in [2.45, 2.75) is 6.92 Å². The van der Waals surface area contributed by atoms with Crippen LogP contribution >= 0.6 is 0 Å². The molecule has 0 aliphatic carbocycles. The lowest BCUT2D eigenvalue weighted by Gasteiger charge is -2.35. The van der Waals surface area contributed by atoms with Gasteiger partial charge in [0.25, 0.3) is 0 Å². The number of anilines is 1. The van der Waals surface area contributed by atoms with Gasteiger partial charge in [0, 0.05) is 45.3 Å². The van der Waals surface area contributed by atoms with E-state index in [1.807, 2.05) is 24.3 Å². The molecule has 29 heavy (non-hydrogen) atoms. The Morgan fingerprint density at radius 3 is 2.31 bits per heavy atom. The van der Waals surface area contributed by atoms with E-state index in [1.54, 1.807) is 20.3 Å². The van der Waals surface area contributed by atoms with Crippen LogP contribution in [0.5, 0.6) is 17.2 Å². The lowest BCUT2D eigenvalue weighted by atomic mass is 10.2. The summed E-state index contributed by atoms with van der Waals surface area (Å²) in [5, 5.41) is 0. The Morgan fingerprint density at radius 1 is 0.966 bits per heavy atom. The molecule has 0 amide bonds. The molecule has 3 rings (SSSR count). The Bertz CT molecular complexity index is 840. The lowest BCUT2D eigenvalue weighted by Crippen LogP contribution is -2.46. The molecular weight excluding hydrogens is 368 g/mol. The number of carbonyl (C=O) groups is 1. The molecule has 6 nitrogen and oxygen atoms in total. The normalized spacial score (nSPS) is 14.8. The zero-order chi connectivity index (χ0) is 20.6. The van der Waals surface area contributed by atoms with E-state index in [0.29, 0.717) is 11.5 Å². The van der Waals surface area contributed by atoms with Crippen LogP contribution in [0.4, 0.5) is 5.69 Å². The predicted molar refractivity (Wildman–Crippen MR) is 115 cm³/mol. The highest BCUT2D eigenvalue weighted by molar-refractivity contribution is 5.71. The van der Waals surface area contributed by atoms with Gasteiger partial charge >= 0.3 is 5.97 Å². The minimum absolute atomic E-state index is 0.361. The van der Waals surface area contributed by atoms with Crippen LogP contribution in [-0.4, -0.2) is 57.8 Å². The van der Waals surface area contributed by atoms with Gasteiger partial charge in [-0.2, -0.15) is 0 Å². The fourth-order valence-electron chi connectivity index (χ4n) is 3.35. The van der Waals surface area contributed by atoms with E-state index in [-0.39, 0.29) is 5.97 Å². The summed E-state index contributed by atoms with van der Waals surface area (Å²) in [6, 6.07) is 13.8. The van der Waals surface area contributed by atoms with E-state index >= 15 is 0 Å². The molecule has 2 aromatic rings. The Kier molecular flexibility index (Phi) is 7.14. The van der Waals surface area contributed by atoms with Gasteiger partial charge in [-0.3, -0.25) is 9.69 Å². The van der Waals surface area contributed by atoms with Crippen LogP contribution in [0.3, 0.4) is 0 Å². The van der Waals surface area contributed by atoms with Gasteiger partial charge in [0.2, 0.25) is 0 Å². The van der Waals surface area contributed by atoms with Gasteiger partial charge in [-0.25, -0.2) is 0 Å². The van der Waals surface area contributed by atoms with E-state index in [0.717, 1.165) is 44.0 Å². The van der Waals surface area contributed by atoms with Gasteiger partial charge in [-0.05, 0) is 42.0 Å². The van der Waals surface area contributed by atoms with Crippen LogP contribution in [0.25, 0.3) is 6.08 Å². The van der Waals surface area contributed by atoms with Crippen molar-refractivity contribution in [3.63, 3.8) is 0 Å². The quantitative estimate of drug-likeness (QED) is 0.528. The highest BCUT2D eigenvalue weighted by Gasteiger charge is 2.16. The van der Waals surface area contributed by atoms with Gasteiger partial charge in [-0.15, -0.1) is 0 Å². The van der Waals surface area contributed by atoms with Crippen LogP contribution in [0.15, 0.2) is 48.5 Å². The molecule has 1 heterocycles. The maximum absolute atomic E-state index is 11.1. The highest BCUT2D eigenvalue weighted by atomic mass is 16.6. The highest BCUT2D eigenvalue weighted by Crippen LogP contribution is 2.28. The Morgan fingerprint density at radius 2 is 1.69 bits per heavy atom. The molecule has 0 aromatic heterocycles. The minimum atomic E-state index is -0.361. The third-order valence-corrected chi connectivity index (χ3v) is 4.93. The van der Waals surface area contributed by atoms with Crippen molar-refractivity contribution in [2.75, 3.05) is 51.8 Å². The second kappa shape index (κ2) is 9.98. The first-order valence-corrected chi connectivity index (χ1v) is 9.73. The smallest absolute Gasteiger partial charge is 0.308 e. The lowest BCUT2D eigenvalue weighted by molar-refractivity contribution is -0.132. The molecule has 0 bridgehead atoms. The topological polar surface area (TPSA) is 51.2 Å². The molecule has 1 saturated heterocycles. The Balaban J connectivity index is 1.50. The predicted octanol–water partition coefficient (Wildman–Crippen LogP) is 3.46. The number of piperazine rings is 1. The summed E-state index contributed by atoms with van der Waals surface area (Å²) >= 11 is 0. The Labute approximate surface area is 172 Å². The molecule has 2 aromatic carbocycles. The second-order valence-electron chi connectivity index (χ2n) is 6.89. The first-order valence-electron chi connectivity index (χ1n) is 9.73. The largest absolute Gasteiger partial charge is 0.497 e. The summed E-state index contributed by atoms with van der Waals surface area (Å²) in [5.41, 5.74) is 2.25. The average Bonchev–Trinajstić information content (AvgIpc) is 2.75. The van der Waals surface area contributed by atoms with Gasteiger partial charge < -0.3 is 19.1 Å². The molecule has 154 valence electrons. The van der Waals surface area contributed by atoms with E-state index in [1.165, 1.54) is 12.6 Å². The monoisotopic (exact) mass is 396 g/mol. The molecule has 0 atom stereocenters. The number of rotatable bonds is 7. The maximum atomic E-state index is 11.1. The number of ether oxygens (including phenoxy) is 3. The van der Waals surface area contributed by atoms with Crippen LogP contribution in [0.2, 0.25) is 0 Å². The molecule has 0 N–H and O–H groups in total. The maximum Gasteiger partial charge on any atom is 0.308 e. The van der Waals surface area contributed by atoms with Crippen molar-refractivity contribution in [3.8, 4) is 17.2 Å². The van der Waals surface area contributed by atoms with E-state index in [9.17, 15) is 4.79 Å². The first-order chi connectivity index (χ1) is 14.1. The third kappa shape index (κ3) is 5.74. The first kappa shape index (κ1) is 20.7. The number of methoxy groups -OCH3 is 2. The SMILES string of the molecule is COc1ccc(N2CCN(CC=Cc3ccc(OC(C)=O)c(OC)c3)CC2)cc1. The molecule has 1 aliphatic rings. The van der Waals surface area contributed by atoms with Crippen LogP contribution in [0, 0.1) is 0 Å². The molecular formula is C23H28N2O4. The summed E-state index contributed by atoms with van der Waals surface area (Å²) in [7, 11) is 3.25. The standard InChI is InChI=1S/C23H28N2O4/c1-18(26)29-22-11-6-19(17-23(22)28-3)5-4-12-24-13-15-25(16-14-24)20-7-9-21(27-2)10-8-20/h4-11,17H,12-16H2,1-3H3. The van der Waals surface area contributed by atoms with Crippen molar-refractivity contribution in [3.05, 3.63) is 54.1 Å². The fraction of sp³-hybridized carbons (Fsp3) is 0.348. The molecule has 0 radical (unpaired) electrons. The van der Waals surface area contributed by atoms with Crippen LogP contribution in [-0.2, 0) is 4.79 Å². The molecule has 0 unspecified atom stereocenters. The minimum Gasteiger partial charge on any atom is -0.497 e. The number of esters is 1. The van der Waals surface area contributed by atoms with Crippen LogP contribution in [0.1, 0.15) is 12.5 Å². The number of benzene rings is 2. The molecule has 0 saturated carbocycles. The van der Waals surface area contributed by atoms with Gasteiger partial charge in [0.05, 0.1) is 14.2 Å². The third-order valence-electron chi connectivity index (χ3n) is 4.93. The van der Waals surface area contributed by atoms with Crippen molar-refractivity contribution in [1.29, 1.82) is 0 Å². The van der Waals surface area contributed by atoms with Crippen molar-refractivity contribution >= 4 is 17.7 Å². The fourth-order valence-corrected chi connectivity index (χ4v) is 3.35. The van der Waals surface area contributed by atoms with Gasteiger partial charge in [0.15, 0.2) is 11.5 Å². The number of carbonyl (C=O) groups excluding carboxylic acids is 1. The zero-order valence-electron chi connectivity index (χ0n) is 17.3. The summed E-state index contributed by atoms with van der Waals surface area (Å²) in [5.74, 6) is 1.51.